The smallest absolute Gasteiger partial charge is 0.244 e. The zero-order valence-electron chi connectivity index (χ0n) is 18.6. The maximum absolute atomic E-state index is 13.4. The highest BCUT2D eigenvalue weighted by Gasteiger charge is 2.31. The van der Waals surface area contributed by atoms with Gasteiger partial charge in [0.1, 0.15) is 12.6 Å². The molecule has 10 heteroatoms. The summed E-state index contributed by atoms with van der Waals surface area (Å²) >= 11 is 12.6. The van der Waals surface area contributed by atoms with Crippen molar-refractivity contribution >= 4 is 50.7 Å². The number of anilines is 1. The van der Waals surface area contributed by atoms with Crippen LogP contribution in [0.4, 0.5) is 5.69 Å². The number of benzene rings is 2. The number of nitrogens with one attached hydrogen (secondary N) is 1. The molecule has 7 nitrogen and oxygen atoms in total. The van der Waals surface area contributed by atoms with Crippen LogP contribution in [-0.2, 0) is 26.2 Å². The first-order valence-corrected chi connectivity index (χ1v) is 12.5. The Morgan fingerprint density at radius 3 is 2.16 bits per heavy atom. The van der Waals surface area contributed by atoms with Crippen LogP contribution < -0.4 is 9.62 Å². The van der Waals surface area contributed by atoms with E-state index in [0.29, 0.717) is 21.3 Å². The monoisotopic (exact) mass is 499 g/mol. The summed E-state index contributed by atoms with van der Waals surface area (Å²) in [5, 5.41) is 3.20. The summed E-state index contributed by atoms with van der Waals surface area (Å²) in [5.74, 6) is -0.970. The number of sulfonamides is 1. The molecule has 0 saturated heterocycles. The van der Waals surface area contributed by atoms with E-state index in [4.69, 9.17) is 23.2 Å². The lowest BCUT2D eigenvalue weighted by molar-refractivity contribution is -0.139. The van der Waals surface area contributed by atoms with Crippen LogP contribution in [-0.4, -0.2) is 51.0 Å². The average Bonchev–Trinajstić information content (AvgIpc) is 2.72. The minimum absolute atomic E-state index is 0.0592. The predicted molar refractivity (Wildman–Crippen MR) is 129 cm³/mol. The van der Waals surface area contributed by atoms with Gasteiger partial charge in [-0.1, -0.05) is 41.4 Å². The summed E-state index contributed by atoms with van der Waals surface area (Å²) in [5.41, 5.74) is 2.51. The van der Waals surface area contributed by atoms with Crippen LogP contribution in [0.15, 0.2) is 36.4 Å². The highest BCUT2D eigenvalue weighted by atomic mass is 35.5. The molecule has 0 saturated carbocycles. The fourth-order valence-electron chi connectivity index (χ4n) is 3.25. The highest BCUT2D eigenvalue weighted by Crippen LogP contribution is 2.28. The van der Waals surface area contributed by atoms with Gasteiger partial charge in [-0.15, -0.1) is 0 Å². The molecule has 2 amide bonds. The molecule has 174 valence electrons. The Hall–Kier alpha value is -2.29. The van der Waals surface area contributed by atoms with E-state index in [0.717, 1.165) is 21.7 Å². The SMILES string of the molecule is CNC(=O)C(C)N(Cc1c(Cl)cccc1Cl)C(=O)CN(c1cccc(C)c1C)S(C)(=O)=O. The van der Waals surface area contributed by atoms with E-state index < -0.39 is 34.4 Å². The molecule has 2 aromatic carbocycles. The van der Waals surface area contributed by atoms with Crippen molar-refractivity contribution in [3.8, 4) is 0 Å². The number of aryl methyl sites for hydroxylation is 1. The topological polar surface area (TPSA) is 86.8 Å². The van der Waals surface area contributed by atoms with E-state index in [2.05, 4.69) is 5.32 Å². The van der Waals surface area contributed by atoms with Crippen molar-refractivity contribution in [2.45, 2.75) is 33.4 Å². The third-order valence-corrected chi connectivity index (χ3v) is 7.16. The predicted octanol–water partition coefficient (Wildman–Crippen LogP) is 3.54. The molecule has 0 heterocycles. The number of halogens is 2. The molecule has 0 aliphatic heterocycles. The molecule has 1 N–H and O–H groups in total. The number of carbonyl (C=O) groups excluding carboxylic acids is 2. The summed E-state index contributed by atoms with van der Waals surface area (Å²) in [4.78, 5) is 27.1. The summed E-state index contributed by atoms with van der Waals surface area (Å²) < 4.78 is 26.3. The van der Waals surface area contributed by atoms with Crippen molar-refractivity contribution in [2.24, 2.45) is 0 Å². The van der Waals surface area contributed by atoms with Crippen LogP contribution in [0.5, 0.6) is 0 Å². The molecule has 1 unspecified atom stereocenters. The van der Waals surface area contributed by atoms with Gasteiger partial charge in [0.25, 0.3) is 0 Å². The third kappa shape index (κ3) is 5.94. The lowest BCUT2D eigenvalue weighted by Gasteiger charge is -2.32. The second-order valence-corrected chi connectivity index (χ2v) is 10.2. The minimum Gasteiger partial charge on any atom is -0.357 e. The molecule has 0 aromatic heterocycles. The first kappa shape index (κ1) is 26.0. The Bertz CT molecular complexity index is 1100. The zero-order valence-corrected chi connectivity index (χ0v) is 21.0. The number of amides is 2. The quantitative estimate of drug-likeness (QED) is 0.601. The van der Waals surface area contributed by atoms with Crippen molar-refractivity contribution in [1.82, 2.24) is 10.2 Å². The Morgan fingerprint density at radius 1 is 1.06 bits per heavy atom. The van der Waals surface area contributed by atoms with Crippen molar-refractivity contribution in [1.29, 1.82) is 0 Å². The average molecular weight is 500 g/mol. The number of likely N-dealkylation sites (N-methyl/N-ethyl adjacent to an activating group) is 1. The standard InChI is InChI=1S/C22H27Cl2N3O4S/c1-14-8-6-11-20(15(14)2)27(32(5,30)31)13-21(28)26(16(3)22(29)25-4)12-17-18(23)9-7-10-19(17)24/h6-11,16H,12-13H2,1-5H3,(H,25,29). The maximum atomic E-state index is 13.4. The van der Waals surface area contributed by atoms with Gasteiger partial charge < -0.3 is 10.2 Å². The Kier molecular flexibility index (Phi) is 8.56. The van der Waals surface area contributed by atoms with Gasteiger partial charge in [-0.2, -0.15) is 0 Å². The van der Waals surface area contributed by atoms with Gasteiger partial charge in [0.05, 0.1) is 11.9 Å². The molecule has 2 rings (SSSR count). The molecular weight excluding hydrogens is 473 g/mol. The molecule has 2 aromatic rings. The lowest BCUT2D eigenvalue weighted by atomic mass is 10.1. The van der Waals surface area contributed by atoms with E-state index in [9.17, 15) is 18.0 Å². The summed E-state index contributed by atoms with van der Waals surface area (Å²) in [6.07, 6.45) is 1.04. The number of hydrogen-bond donors (Lipinski definition) is 1. The van der Waals surface area contributed by atoms with E-state index in [1.165, 1.54) is 11.9 Å². The molecule has 1 atom stereocenters. The van der Waals surface area contributed by atoms with Gasteiger partial charge >= 0.3 is 0 Å². The first-order chi connectivity index (χ1) is 14.9. The Labute approximate surface area is 199 Å². The van der Waals surface area contributed by atoms with Crippen LogP contribution >= 0.6 is 23.2 Å². The summed E-state index contributed by atoms with van der Waals surface area (Å²) in [6.45, 7) is 4.68. The normalized spacial score (nSPS) is 12.2. The van der Waals surface area contributed by atoms with Crippen LogP contribution in [0.25, 0.3) is 0 Å². The van der Waals surface area contributed by atoms with Crippen LogP contribution in [0.2, 0.25) is 10.0 Å². The number of rotatable bonds is 8. The molecule has 0 fully saturated rings. The molecule has 0 aliphatic rings. The van der Waals surface area contributed by atoms with Gasteiger partial charge in [0.2, 0.25) is 21.8 Å². The molecule has 0 bridgehead atoms. The molecule has 0 radical (unpaired) electrons. The van der Waals surface area contributed by atoms with Crippen LogP contribution in [0.1, 0.15) is 23.6 Å². The number of carbonyl (C=O) groups is 2. The van der Waals surface area contributed by atoms with E-state index >= 15 is 0 Å². The van der Waals surface area contributed by atoms with Gasteiger partial charge in [0, 0.05) is 29.2 Å². The second kappa shape index (κ2) is 10.6. The largest absolute Gasteiger partial charge is 0.357 e. The zero-order chi connectivity index (χ0) is 24.2. The van der Waals surface area contributed by atoms with Crippen molar-refractivity contribution in [3.63, 3.8) is 0 Å². The third-order valence-electron chi connectivity index (χ3n) is 5.33. The second-order valence-electron chi connectivity index (χ2n) is 7.50. The fraction of sp³-hybridized carbons (Fsp3) is 0.364. The number of nitrogens with zero attached hydrogens (tertiary/aromatic N) is 2. The molecule has 32 heavy (non-hydrogen) atoms. The van der Waals surface area contributed by atoms with E-state index in [1.54, 1.807) is 44.2 Å². The van der Waals surface area contributed by atoms with Gasteiger partial charge in [-0.05, 0) is 50.1 Å². The maximum Gasteiger partial charge on any atom is 0.244 e. The van der Waals surface area contributed by atoms with E-state index in [-0.39, 0.29) is 6.54 Å². The van der Waals surface area contributed by atoms with Crippen molar-refractivity contribution < 1.29 is 18.0 Å². The van der Waals surface area contributed by atoms with Crippen LogP contribution in [0.3, 0.4) is 0 Å². The molecule has 0 spiro atoms. The molecule has 0 aliphatic carbocycles. The van der Waals surface area contributed by atoms with Crippen LogP contribution in [0, 0.1) is 13.8 Å². The first-order valence-electron chi connectivity index (χ1n) is 9.86. The van der Waals surface area contributed by atoms with Crippen molar-refractivity contribution in [3.05, 3.63) is 63.1 Å². The highest BCUT2D eigenvalue weighted by molar-refractivity contribution is 7.92. The molecular formula is C22H27Cl2N3O4S. The number of hydrogen-bond acceptors (Lipinski definition) is 4. The lowest BCUT2D eigenvalue weighted by Crippen LogP contribution is -2.50. The van der Waals surface area contributed by atoms with E-state index in [1.807, 2.05) is 13.0 Å². The summed E-state index contributed by atoms with van der Waals surface area (Å²) in [7, 11) is -2.33. The van der Waals surface area contributed by atoms with Crippen molar-refractivity contribution in [2.75, 3.05) is 24.2 Å². The summed E-state index contributed by atoms with van der Waals surface area (Å²) in [6, 6.07) is 9.29. The van der Waals surface area contributed by atoms with Gasteiger partial charge in [-0.25, -0.2) is 8.42 Å². The Morgan fingerprint density at radius 2 is 1.62 bits per heavy atom. The minimum atomic E-state index is -3.79. The van der Waals surface area contributed by atoms with Gasteiger partial charge in [-0.3, -0.25) is 13.9 Å². The van der Waals surface area contributed by atoms with Gasteiger partial charge in [0.15, 0.2) is 0 Å². The Balaban J connectivity index is 2.49. The fourth-order valence-corrected chi connectivity index (χ4v) is 4.66.